The summed E-state index contributed by atoms with van der Waals surface area (Å²) in [6.07, 6.45) is 0. The Kier molecular flexibility index (Phi) is 2.65. The fourth-order valence-electron chi connectivity index (χ4n) is 0.631. The van der Waals surface area contributed by atoms with Crippen LogP contribution in [0.5, 0.6) is 0 Å². The first-order chi connectivity index (χ1) is 5.59. The maximum atomic E-state index is 4.21. The molecule has 0 spiro atoms. The molecule has 1 heterocycles. The smallest absolute Gasteiger partial charge is 0.238 e. The van der Waals surface area contributed by atoms with E-state index in [4.69, 9.17) is 0 Å². The summed E-state index contributed by atoms with van der Waals surface area (Å²) in [4.78, 5) is 6.07. The third-order valence-electron chi connectivity index (χ3n) is 1.14. The van der Waals surface area contributed by atoms with E-state index in [9.17, 15) is 0 Å². The van der Waals surface area contributed by atoms with Crippen LogP contribution in [0.3, 0.4) is 0 Å². The first-order valence-electron chi connectivity index (χ1n) is 3.53. The van der Waals surface area contributed by atoms with Crippen LogP contribution >= 0.6 is 11.5 Å². The highest BCUT2D eigenvalue weighted by Crippen LogP contribution is 2.16. The number of aromatic nitrogens is 2. The summed E-state index contributed by atoms with van der Waals surface area (Å²) in [5.74, 6) is 0.726. The zero-order valence-electron chi connectivity index (χ0n) is 7.46. The first kappa shape index (κ1) is 8.99. The Labute approximate surface area is 76.1 Å². The Morgan fingerprint density at radius 3 is 2.67 bits per heavy atom. The van der Waals surface area contributed by atoms with Crippen molar-refractivity contribution in [2.75, 3.05) is 24.3 Å². The molecule has 0 saturated heterocycles. The quantitative estimate of drug-likeness (QED) is 0.773. The molecule has 0 aliphatic heterocycles. The van der Waals surface area contributed by atoms with Gasteiger partial charge in [0, 0.05) is 31.3 Å². The molecule has 1 N–H and O–H groups in total. The van der Waals surface area contributed by atoms with E-state index >= 15 is 0 Å². The van der Waals surface area contributed by atoms with Crippen molar-refractivity contribution in [3.05, 3.63) is 12.3 Å². The lowest BCUT2D eigenvalue weighted by Crippen LogP contribution is -2.10. The van der Waals surface area contributed by atoms with Crippen molar-refractivity contribution in [2.45, 2.75) is 6.92 Å². The second-order valence-electron chi connectivity index (χ2n) is 2.70. The van der Waals surface area contributed by atoms with E-state index in [0.29, 0.717) is 0 Å². The van der Waals surface area contributed by atoms with E-state index < -0.39 is 0 Å². The maximum Gasteiger partial charge on any atom is 0.238 e. The summed E-state index contributed by atoms with van der Waals surface area (Å²) in [5, 5.41) is 3.79. The van der Waals surface area contributed by atoms with Crippen molar-refractivity contribution in [3.8, 4) is 0 Å². The van der Waals surface area contributed by atoms with Gasteiger partial charge in [-0.15, -0.1) is 0 Å². The molecule has 1 rings (SSSR count). The number of nitrogens with zero attached hydrogens (tertiary/aromatic N) is 3. The fourth-order valence-corrected chi connectivity index (χ4v) is 1.35. The Morgan fingerprint density at radius 2 is 2.25 bits per heavy atom. The van der Waals surface area contributed by atoms with Crippen molar-refractivity contribution < 1.29 is 0 Å². The summed E-state index contributed by atoms with van der Waals surface area (Å²) in [6, 6.07) is 0. The van der Waals surface area contributed by atoms with Crippen molar-refractivity contribution in [1.82, 2.24) is 9.36 Å². The largest absolute Gasteiger partial charge is 0.346 e. The third-order valence-corrected chi connectivity index (χ3v) is 1.76. The van der Waals surface area contributed by atoms with Crippen molar-refractivity contribution in [2.24, 2.45) is 0 Å². The van der Waals surface area contributed by atoms with Gasteiger partial charge in [-0.3, -0.25) is 0 Å². The molecule has 0 atom stereocenters. The molecule has 0 radical (unpaired) electrons. The molecule has 0 fully saturated rings. The minimum atomic E-state index is 0.726. The molecule has 0 aliphatic carbocycles. The van der Waals surface area contributed by atoms with Gasteiger partial charge in [0.1, 0.15) is 0 Å². The third kappa shape index (κ3) is 2.20. The van der Waals surface area contributed by atoms with Crippen LogP contribution in [-0.4, -0.2) is 23.5 Å². The van der Waals surface area contributed by atoms with Crippen LogP contribution < -0.4 is 10.2 Å². The van der Waals surface area contributed by atoms with E-state index in [-0.39, 0.29) is 0 Å². The summed E-state index contributed by atoms with van der Waals surface area (Å²) in [7, 11) is 3.82. The van der Waals surface area contributed by atoms with Gasteiger partial charge in [0.2, 0.25) is 11.1 Å². The number of rotatable bonds is 3. The van der Waals surface area contributed by atoms with Gasteiger partial charge in [-0.05, 0) is 6.92 Å². The second kappa shape index (κ2) is 3.53. The van der Waals surface area contributed by atoms with Gasteiger partial charge in [0.25, 0.3) is 0 Å². The summed E-state index contributed by atoms with van der Waals surface area (Å²) in [5.41, 5.74) is 0.872. The molecular weight excluding hydrogens is 172 g/mol. The zero-order chi connectivity index (χ0) is 9.14. The maximum absolute atomic E-state index is 4.21. The molecule has 0 bridgehead atoms. The van der Waals surface area contributed by atoms with Crippen LogP contribution in [0.25, 0.3) is 0 Å². The van der Waals surface area contributed by atoms with E-state index in [2.05, 4.69) is 21.3 Å². The average Bonchev–Trinajstić information content (AvgIpc) is 2.34. The van der Waals surface area contributed by atoms with Crippen LogP contribution in [0.1, 0.15) is 6.92 Å². The topological polar surface area (TPSA) is 41.1 Å². The van der Waals surface area contributed by atoms with Gasteiger partial charge in [-0.2, -0.15) is 9.36 Å². The predicted octanol–water partition coefficient (Wildman–Crippen LogP) is 1.55. The number of hydrogen-bond acceptors (Lipinski definition) is 5. The van der Waals surface area contributed by atoms with Crippen molar-refractivity contribution >= 4 is 22.6 Å². The normalized spacial score (nSPS) is 9.58. The standard InChI is InChI=1S/C7H12N4S/c1-5(2)8-7-9-6(10-12-7)11(3)4/h1H2,2-4H3,(H,8,9,10). The van der Waals surface area contributed by atoms with Crippen LogP contribution in [0, 0.1) is 0 Å². The molecule has 0 aliphatic rings. The molecule has 0 amide bonds. The van der Waals surface area contributed by atoms with E-state index in [1.807, 2.05) is 25.9 Å². The lowest BCUT2D eigenvalue weighted by molar-refractivity contribution is 1.05. The van der Waals surface area contributed by atoms with Gasteiger partial charge in [0.05, 0.1) is 0 Å². The molecule has 12 heavy (non-hydrogen) atoms. The van der Waals surface area contributed by atoms with Crippen molar-refractivity contribution in [3.63, 3.8) is 0 Å². The molecular formula is C7H12N4S. The molecule has 4 nitrogen and oxygen atoms in total. The lowest BCUT2D eigenvalue weighted by Gasteiger charge is -2.04. The van der Waals surface area contributed by atoms with E-state index in [1.165, 1.54) is 11.5 Å². The Morgan fingerprint density at radius 1 is 1.58 bits per heavy atom. The van der Waals surface area contributed by atoms with Gasteiger partial charge in [-0.1, -0.05) is 6.58 Å². The zero-order valence-corrected chi connectivity index (χ0v) is 8.27. The molecule has 66 valence electrons. The highest BCUT2D eigenvalue weighted by Gasteiger charge is 2.03. The summed E-state index contributed by atoms with van der Waals surface area (Å²) >= 11 is 1.33. The SMILES string of the molecule is C=C(C)Nc1nc(N(C)C)ns1. The van der Waals surface area contributed by atoms with Crippen LogP contribution in [-0.2, 0) is 0 Å². The minimum absolute atomic E-state index is 0.726. The second-order valence-corrected chi connectivity index (χ2v) is 3.45. The monoisotopic (exact) mass is 184 g/mol. The average molecular weight is 184 g/mol. The van der Waals surface area contributed by atoms with Gasteiger partial charge in [-0.25, -0.2) is 0 Å². The highest BCUT2D eigenvalue weighted by molar-refractivity contribution is 7.09. The van der Waals surface area contributed by atoms with Gasteiger partial charge in [0.15, 0.2) is 0 Å². The Bertz CT molecular complexity index is 279. The number of hydrogen-bond donors (Lipinski definition) is 1. The first-order valence-corrected chi connectivity index (χ1v) is 4.30. The van der Waals surface area contributed by atoms with E-state index in [0.717, 1.165) is 16.8 Å². The van der Waals surface area contributed by atoms with Gasteiger partial charge >= 0.3 is 0 Å². The molecule has 0 unspecified atom stereocenters. The highest BCUT2D eigenvalue weighted by atomic mass is 32.1. The summed E-state index contributed by atoms with van der Waals surface area (Å²) < 4.78 is 4.12. The predicted molar refractivity (Wildman–Crippen MR) is 52.7 cm³/mol. The van der Waals surface area contributed by atoms with Crippen LogP contribution in [0.15, 0.2) is 12.3 Å². The molecule has 0 aromatic carbocycles. The van der Waals surface area contributed by atoms with Crippen LogP contribution in [0.2, 0.25) is 0 Å². The Hall–Kier alpha value is -1.10. The Balaban J connectivity index is 2.70. The van der Waals surface area contributed by atoms with Crippen molar-refractivity contribution in [1.29, 1.82) is 0 Å². The number of anilines is 2. The molecule has 5 heteroatoms. The van der Waals surface area contributed by atoms with Gasteiger partial charge < -0.3 is 10.2 Å². The van der Waals surface area contributed by atoms with Crippen LogP contribution in [0.4, 0.5) is 11.1 Å². The molecule has 0 saturated carbocycles. The van der Waals surface area contributed by atoms with E-state index in [1.54, 1.807) is 0 Å². The minimum Gasteiger partial charge on any atom is -0.346 e. The molecule has 1 aromatic rings. The lowest BCUT2D eigenvalue weighted by atomic mass is 10.6. The number of allylic oxidation sites excluding steroid dienone is 1. The fraction of sp³-hybridized carbons (Fsp3) is 0.429. The number of nitrogens with one attached hydrogen (secondary N) is 1. The summed E-state index contributed by atoms with van der Waals surface area (Å²) in [6.45, 7) is 5.60. The molecule has 1 aromatic heterocycles.